The number of nitrogens with one attached hydrogen (secondary N) is 1. The maximum absolute atomic E-state index is 12.5. The van der Waals surface area contributed by atoms with E-state index >= 15 is 0 Å². The molecule has 1 saturated carbocycles. The Kier molecular flexibility index (Phi) is 5.51. The van der Waals surface area contributed by atoms with Crippen molar-refractivity contribution in [2.45, 2.75) is 82.1 Å². The largest absolute Gasteiger partial charge is 0.411 e. The summed E-state index contributed by atoms with van der Waals surface area (Å²) >= 11 is 0. The third-order valence-electron chi connectivity index (χ3n) is 6.00. The molecule has 176 valence electrons. The Morgan fingerprint density at radius 1 is 1.16 bits per heavy atom. The maximum Gasteiger partial charge on any atom is 0.411 e. The first-order valence-corrected chi connectivity index (χ1v) is 10.8. The molecule has 9 nitrogen and oxygen atoms in total. The molecule has 2 saturated heterocycles. The molecule has 2 aliphatic heterocycles. The first-order valence-electron chi connectivity index (χ1n) is 10.8. The zero-order chi connectivity index (χ0) is 22.5. The second-order valence-electron chi connectivity index (χ2n) is 8.93. The second-order valence-corrected chi connectivity index (χ2v) is 8.93. The SMILES string of the molecule is CC1(C)O[C@@H]2C(COCC(F)(F)F)OC(n3cnc4c(NC5CCCC5)ncnc43)[C@@H]2O1. The fourth-order valence-corrected chi connectivity index (χ4v) is 4.72. The molecule has 4 atom stereocenters. The van der Waals surface area contributed by atoms with Crippen molar-refractivity contribution in [2.24, 2.45) is 0 Å². The van der Waals surface area contributed by atoms with Gasteiger partial charge in [0.2, 0.25) is 0 Å². The smallest absolute Gasteiger partial charge is 0.369 e. The Bertz CT molecular complexity index is 962. The predicted octanol–water partition coefficient (Wildman–Crippen LogP) is 3.18. The molecule has 2 aromatic rings. The average Bonchev–Trinajstić information content (AvgIpc) is 3.46. The normalized spacial score (nSPS) is 30.3. The van der Waals surface area contributed by atoms with Gasteiger partial charge >= 0.3 is 6.18 Å². The van der Waals surface area contributed by atoms with Crippen LogP contribution in [0.1, 0.15) is 45.8 Å². The number of anilines is 1. The van der Waals surface area contributed by atoms with Crippen molar-refractivity contribution < 1.29 is 32.1 Å². The van der Waals surface area contributed by atoms with Gasteiger partial charge in [-0.25, -0.2) is 15.0 Å². The minimum atomic E-state index is -4.41. The van der Waals surface area contributed by atoms with Crippen LogP contribution in [-0.4, -0.2) is 69.0 Å². The molecular formula is C20H26F3N5O4. The number of rotatable bonds is 6. The summed E-state index contributed by atoms with van der Waals surface area (Å²) < 4.78 is 62.2. The van der Waals surface area contributed by atoms with Crippen molar-refractivity contribution in [2.75, 3.05) is 18.5 Å². The molecule has 0 radical (unpaired) electrons. The van der Waals surface area contributed by atoms with E-state index < -0.39 is 43.1 Å². The molecule has 1 N–H and O–H groups in total. The molecule has 0 aromatic carbocycles. The minimum absolute atomic E-state index is 0.271. The molecule has 0 bridgehead atoms. The van der Waals surface area contributed by atoms with Crippen LogP contribution < -0.4 is 5.32 Å². The highest BCUT2D eigenvalue weighted by molar-refractivity contribution is 5.82. The predicted molar refractivity (Wildman–Crippen MR) is 106 cm³/mol. The molecular weight excluding hydrogens is 431 g/mol. The third kappa shape index (κ3) is 4.28. The molecule has 1 aliphatic carbocycles. The summed E-state index contributed by atoms with van der Waals surface area (Å²) in [6.45, 7) is 1.89. The first-order chi connectivity index (χ1) is 15.2. The number of hydrogen-bond acceptors (Lipinski definition) is 8. The van der Waals surface area contributed by atoms with Gasteiger partial charge in [-0.2, -0.15) is 13.2 Å². The Morgan fingerprint density at radius 2 is 1.91 bits per heavy atom. The Labute approximate surface area is 182 Å². The molecule has 0 spiro atoms. The number of hydrogen-bond donors (Lipinski definition) is 1. The van der Waals surface area contributed by atoms with E-state index in [4.69, 9.17) is 18.9 Å². The van der Waals surface area contributed by atoms with Crippen molar-refractivity contribution in [1.29, 1.82) is 0 Å². The Hall–Kier alpha value is -2.02. The van der Waals surface area contributed by atoms with Gasteiger partial charge in [-0.3, -0.25) is 4.57 Å². The fraction of sp³-hybridized carbons (Fsp3) is 0.750. The average molecular weight is 457 g/mol. The maximum atomic E-state index is 12.5. The van der Waals surface area contributed by atoms with Crippen molar-refractivity contribution in [3.63, 3.8) is 0 Å². The van der Waals surface area contributed by atoms with Crippen molar-refractivity contribution in [1.82, 2.24) is 19.5 Å². The number of halogens is 3. The van der Waals surface area contributed by atoms with Crippen LogP contribution in [0, 0.1) is 0 Å². The van der Waals surface area contributed by atoms with E-state index in [9.17, 15) is 13.2 Å². The van der Waals surface area contributed by atoms with Crippen LogP contribution in [0.25, 0.3) is 11.2 Å². The Morgan fingerprint density at radius 3 is 2.66 bits per heavy atom. The molecule has 12 heteroatoms. The number of aromatic nitrogens is 4. The lowest BCUT2D eigenvalue weighted by Gasteiger charge is -2.24. The van der Waals surface area contributed by atoms with Crippen LogP contribution in [0.4, 0.5) is 19.0 Å². The highest BCUT2D eigenvalue weighted by Crippen LogP contribution is 2.44. The van der Waals surface area contributed by atoms with Crippen LogP contribution in [0.2, 0.25) is 0 Å². The molecule has 32 heavy (non-hydrogen) atoms. The summed E-state index contributed by atoms with van der Waals surface area (Å²) in [6.07, 6.45) is 0.631. The molecule has 2 aromatic heterocycles. The van der Waals surface area contributed by atoms with Gasteiger partial charge in [0.15, 0.2) is 29.0 Å². The lowest BCUT2D eigenvalue weighted by molar-refractivity contribution is -0.212. The molecule has 2 unspecified atom stereocenters. The van der Waals surface area contributed by atoms with Gasteiger partial charge in [0.25, 0.3) is 0 Å². The van der Waals surface area contributed by atoms with Crippen LogP contribution >= 0.6 is 0 Å². The van der Waals surface area contributed by atoms with E-state index in [0.29, 0.717) is 23.0 Å². The van der Waals surface area contributed by atoms with Crippen LogP contribution in [0.3, 0.4) is 0 Å². The van der Waals surface area contributed by atoms with Crippen LogP contribution in [0.15, 0.2) is 12.7 Å². The summed E-state index contributed by atoms with van der Waals surface area (Å²) in [4.78, 5) is 13.2. The monoisotopic (exact) mass is 457 g/mol. The quantitative estimate of drug-likeness (QED) is 0.707. The fourth-order valence-electron chi connectivity index (χ4n) is 4.72. The summed E-state index contributed by atoms with van der Waals surface area (Å²) in [6, 6.07) is 0.355. The standard InChI is InChI=1S/C20H26F3N5O4/c1-19(2)31-14-12(7-29-8-20(21,22)23)30-18(15(14)32-19)28-10-26-13-16(24-9-25-17(13)28)27-11-5-3-4-6-11/h9-12,14-15,18H,3-8H2,1-2H3,(H,24,25,27)/t12?,14-,15-,18?/m1/s1. The van der Waals surface area contributed by atoms with Gasteiger partial charge < -0.3 is 24.3 Å². The van der Waals surface area contributed by atoms with Gasteiger partial charge in [-0.05, 0) is 26.7 Å². The zero-order valence-electron chi connectivity index (χ0n) is 17.8. The summed E-state index contributed by atoms with van der Waals surface area (Å²) in [5, 5.41) is 3.45. The minimum Gasteiger partial charge on any atom is -0.369 e. The summed E-state index contributed by atoms with van der Waals surface area (Å²) in [7, 11) is 0. The third-order valence-corrected chi connectivity index (χ3v) is 6.00. The summed E-state index contributed by atoms with van der Waals surface area (Å²) in [5.74, 6) is -0.246. The zero-order valence-corrected chi connectivity index (χ0v) is 17.8. The van der Waals surface area contributed by atoms with Crippen LogP contribution in [0.5, 0.6) is 0 Å². The topological polar surface area (TPSA) is 92.6 Å². The number of imidazole rings is 1. The molecule has 3 fully saturated rings. The van der Waals surface area contributed by atoms with Gasteiger partial charge in [-0.15, -0.1) is 0 Å². The van der Waals surface area contributed by atoms with Gasteiger partial charge in [0, 0.05) is 6.04 Å². The molecule has 5 rings (SSSR count). The molecule has 0 amide bonds. The van der Waals surface area contributed by atoms with Gasteiger partial charge in [-0.1, -0.05) is 12.8 Å². The highest BCUT2D eigenvalue weighted by Gasteiger charge is 2.56. The lowest BCUT2D eigenvalue weighted by atomic mass is 10.1. The van der Waals surface area contributed by atoms with E-state index in [2.05, 4.69) is 20.3 Å². The van der Waals surface area contributed by atoms with E-state index in [1.807, 2.05) is 0 Å². The summed E-state index contributed by atoms with van der Waals surface area (Å²) in [5.41, 5.74) is 1.16. The Balaban J connectivity index is 1.39. The van der Waals surface area contributed by atoms with Crippen molar-refractivity contribution in [3.05, 3.63) is 12.7 Å². The second kappa shape index (κ2) is 8.08. The van der Waals surface area contributed by atoms with E-state index in [1.54, 1.807) is 24.7 Å². The van der Waals surface area contributed by atoms with E-state index in [1.165, 1.54) is 19.2 Å². The van der Waals surface area contributed by atoms with Gasteiger partial charge in [0.05, 0.1) is 12.9 Å². The molecule has 4 heterocycles. The number of alkyl halides is 3. The van der Waals surface area contributed by atoms with Crippen molar-refractivity contribution >= 4 is 17.0 Å². The number of nitrogens with zero attached hydrogens (tertiary/aromatic N) is 4. The van der Waals surface area contributed by atoms with E-state index in [0.717, 1.165) is 12.8 Å². The number of fused-ring (bicyclic) bond motifs is 2. The lowest BCUT2D eigenvalue weighted by Crippen LogP contribution is -2.34. The number of ether oxygens (including phenoxy) is 4. The van der Waals surface area contributed by atoms with Crippen LogP contribution in [-0.2, 0) is 18.9 Å². The highest BCUT2D eigenvalue weighted by atomic mass is 19.4. The van der Waals surface area contributed by atoms with Crippen molar-refractivity contribution in [3.8, 4) is 0 Å². The molecule has 3 aliphatic rings. The van der Waals surface area contributed by atoms with Gasteiger partial charge in [0.1, 0.15) is 31.2 Å². The first kappa shape index (κ1) is 21.8. The van der Waals surface area contributed by atoms with E-state index in [-0.39, 0.29) is 6.61 Å².